The van der Waals surface area contributed by atoms with Gasteiger partial charge in [-0.3, -0.25) is 0 Å². The first-order valence-corrected chi connectivity index (χ1v) is 23.2. The molecule has 1 nitrogen and oxygen atoms in total. The van der Waals surface area contributed by atoms with Crippen molar-refractivity contribution >= 4 is 33.8 Å². The van der Waals surface area contributed by atoms with Gasteiger partial charge in [-0.2, -0.15) is 0 Å². The molecule has 0 radical (unpaired) electrons. The molecular formula is C26H42OSi3. The van der Waals surface area contributed by atoms with Crippen LogP contribution in [-0.2, 0) is 4.79 Å². The van der Waals surface area contributed by atoms with Gasteiger partial charge in [-0.25, -0.2) is 0 Å². The minimum Gasteiger partial charge on any atom is -0.305 e. The molecule has 4 bridgehead atoms. The molecule has 4 saturated carbocycles. The van der Waals surface area contributed by atoms with Gasteiger partial charge in [0.15, 0.2) is 0 Å². The molecule has 0 saturated heterocycles. The Kier molecular flexibility index (Phi) is 5.55. The predicted octanol–water partition coefficient (Wildman–Crippen LogP) is 7.24. The summed E-state index contributed by atoms with van der Waals surface area (Å²) in [6.45, 7) is 17.6. The van der Waals surface area contributed by atoms with E-state index in [1.165, 1.54) is 49.3 Å². The molecule has 4 aliphatic carbocycles. The van der Waals surface area contributed by atoms with Crippen molar-refractivity contribution in [3.8, 4) is 0 Å². The highest BCUT2D eigenvalue weighted by atomic mass is 29.6. The fourth-order valence-electron chi connectivity index (χ4n) is 8.86. The number of benzene rings is 1. The van der Waals surface area contributed by atoms with Gasteiger partial charge in [-0.1, -0.05) is 80.9 Å². The van der Waals surface area contributed by atoms with Crippen molar-refractivity contribution in [1.29, 1.82) is 0 Å². The molecule has 0 aromatic heterocycles. The maximum Gasteiger partial charge on any atom is 0.143 e. The van der Waals surface area contributed by atoms with E-state index in [2.05, 4.69) is 82.6 Å². The van der Waals surface area contributed by atoms with Crippen LogP contribution >= 0.6 is 0 Å². The minimum absolute atomic E-state index is 0.0350. The highest BCUT2D eigenvalue weighted by molar-refractivity contribution is 7.79. The lowest BCUT2D eigenvalue weighted by Gasteiger charge is -2.61. The Morgan fingerprint density at radius 1 is 0.833 bits per heavy atom. The quantitative estimate of drug-likeness (QED) is 0.414. The van der Waals surface area contributed by atoms with Gasteiger partial charge in [0.2, 0.25) is 0 Å². The third-order valence-corrected chi connectivity index (χ3v) is 46.7. The standard InChI is InChI=1S/C26H42OSi3/c1-20(13-21-11-9-8-10-12-21)30(28(2,3)4,29(5,6)7)25(27)26-17-22-14-23(18-26)16-24(15-22)19-26/h8-13,22-24H,14-19H2,1-7H3. The minimum atomic E-state index is -2.27. The van der Waals surface area contributed by atoms with Crippen molar-refractivity contribution in [1.82, 2.24) is 0 Å². The van der Waals surface area contributed by atoms with Crippen LogP contribution in [0.15, 0.2) is 35.5 Å². The number of rotatable bonds is 6. The number of hydrogen-bond acceptors (Lipinski definition) is 1. The second kappa shape index (κ2) is 7.41. The number of hydrogen-bond donors (Lipinski definition) is 0. The van der Waals surface area contributed by atoms with E-state index in [4.69, 9.17) is 0 Å². The van der Waals surface area contributed by atoms with Crippen LogP contribution < -0.4 is 0 Å². The molecule has 30 heavy (non-hydrogen) atoms. The highest BCUT2D eigenvalue weighted by Gasteiger charge is 2.67. The maximum absolute atomic E-state index is 15.1. The molecule has 1 aromatic rings. The molecular weight excluding hydrogens is 413 g/mol. The van der Waals surface area contributed by atoms with Crippen LogP contribution in [0.2, 0.25) is 39.3 Å². The zero-order valence-corrected chi connectivity index (χ0v) is 23.3. The first-order chi connectivity index (χ1) is 13.9. The normalized spacial score (nSPS) is 31.8. The molecule has 0 N–H and O–H groups in total. The van der Waals surface area contributed by atoms with Gasteiger partial charge in [-0.05, 0) is 68.8 Å². The third kappa shape index (κ3) is 3.41. The molecule has 0 aliphatic heterocycles. The summed E-state index contributed by atoms with van der Waals surface area (Å²) in [4.78, 5) is 15.1. The van der Waals surface area contributed by atoms with Gasteiger partial charge in [-0.15, -0.1) is 0 Å². The van der Waals surface area contributed by atoms with Crippen molar-refractivity contribution in [2.45, 2.75) is 84.7 Å². The summed E-state index contributed by atoms with van der Waals surface area (Å²) in [6, 6.07) is 10.8. The molecule has 4 heteroatoms. The summed E-state index contributed by atoms with van der Waals surface area (Å²) in [5, 5.41) is 2.34. The Morgan fingerprint density at radius 2 is 1.27 bits per heavy atom. The topological polar surface area (TPSA) is 17.1 Å². The molecule has 0 atom stereocenters. The van der Waals surface area contributed by atoms with E-state index in [1.54, 1.807) is 0 Å². The largest absolute Gasteiger partial charge is 0.305 e. The van der Waals surface area contributed by atoms with Crippen LogP contribution in [0.25, 0.3) is 6.08 Å². The summed E-state index contributed by atoms with van der Waals surface area (Å²) in [5.74, 6) is 2.52. The SMILES string of the molecule is CC(=Cc1ccccc1)[Si](C(=O)C12CC3CC(CC(C3)C1)C2)([Si](C)(C)C)[Si](C)(C)C. The molecule has 0 unspecified atom stereocenters. The summed E-state index contributed by atoms with van der Waals surface area (Å²) in [5.41, 5.74) is 1.31. The number of allylic oxidation sites excluding steroid dienone is 1. The number of carbonyl (C=O) groups excluding carboxylic acids is 1. The van der Waals surface area contributed by atoms with Gasteiger partial charge >= 0.3 is 0 Å². The molecule has 0 spiro atoms. The Labute approximate surface area is 187 Å². The van der Waals surface area contributed by atoms with Crippen LogP contribution in [-0.4, -0.2) is 27.7 Å². The summed E-state index contributed by atoms with van der Waals surface area (Å²) >= 11 is 0. The second-order valence-electron chi connectivity index (χ2n) is 13.0. The average molecular weight is 455 g/mol. The van der Waals surface area contributed by atoms with Gasteiger partial charge in [0.05, 0.1) is 0 Å². The Bertz CT molecular complexity index is 792. The molecule has 4 aliphatic rings. The van der Waals surface area contributed by atoms with Gasteiger partial charge < -0.3 is 4.79 Å². The fraction of sp³-hybridized carbons (Fsp3) is 0.654. The van der Waals surface area contributed by atoms with Crippen LogP contribution in [0, 0.1) is 23.2 Å². The molecule has 0 heterocycles. The van der Waals surface area contributed by atoms with E-state index in [9.17, 15) is 0 Å². The highest BCUT2D eigenvalue weighted by Crippen LogP contribution is 2.62. The van der Waals surface area contributed by atoms with Crippen molar-refractivity contribution in [2.75, 3.05) is 0 Å². The van der Waals surface area contributed by atoms with E-state index in [-0.39, 0.29) is 5.41 Å². The maximum atomic E-state index is 15.1. The lowest BCUT2D eigenvalue weighted by molar-refractivity contribution is -0.135. The van der Waals surface area contributed by atoms with E-state index in [1.807, 2.05) is 0 Å². The number of carbonyl (C=O) groups is 1. The first kappa shape index (κ1) is 22.5. The Balaban J connectivity index is 1.88. The summed E-state index contributed by atoms with van der Waals surface area (Å²) in [6.07, 6.45) is 10.3. The molecule has 4 fully saturated rings. The molecule has 0 amide bonds. The monoisotopic (exact) mass is 454 g/mol. The van der Waals surface area contributed by atoms with Gasteiger partial charge in [0.25, 0.3) is 0 Å². The van der Waals surface area contributed by atoms with Crippen molar-refractivity contribution in [3.63, 3.8) is 0 Å². The van der Waals surface area contributed by atoms with Crippen LogP contribution in [0.4, 0.5) is 0 Å². The van der Waals surface area contributed by atoms with Crippen molar-refractivity contribution < 1.29 is 4.79 Å². The lowest BCUT2D eigenvalue weighted by atomic mass is 9.50. The van der Waals surface area contributed by atoms with E-state index < -0.39 is 22.3 Å². The van der Waals surface area contributed by atoms with E-state index in [0.717, 1.165) is 23.2 Å². The lowest BCUT2D eigenvalue weighted by Crippen LogP contribution is -2.80. The van der Waals surface area contributed by atoms with Gasteiger partial charge in [0.1, 0.15) is 12.5 Å². The zero-order chi connectivity index (χ0) is 21.9. The van der Waals surface area contributed by atoms with Crippen LogP contribution in [0.3, 0.4) is 0 Å². The fourth-order valence-corrected chi connectivity index (χ4v) is 56.9. The van der Waals surface area contributed by atoms with E-state index in [0.29, 0.717) is 0 Å². The summed E-state index contributed by atoms with van der Waals surface area (Å²) < 4.78 is 0. The Hall–Kier alpha value is -0.719. The third-order valence-electron chi connectivity index (χ3n) is 8.88. The van der Waals surface area contributed by atoms with Crippen LogP contribution in [0.1, 0.15) is 51.0 Å². The van der Waals surface area contributed by atoms with E-state index >= 15 is 4.79 Å². The smallest absolute Gasteiger partial charge is 0.143 e. The van der Waals surface area contributed by atoms with Crippen molar-refractivity contribution in [2.24, 2.45) is 23.2 Å². The second-order valence-corrected chi connectivity index (χ2v) is 39.8. The van der Waals surface area contributed by atoms with Crippen LogP contribution in [0.5, 0.6) is 0 Å². The molecule has 164 valence electrons. The first-order valence-electron chi connectivity index (χ1n) is 12.2. The predicted molar refractivity (Wildman–Crippen MR) is 138 cm³/mol. The average Bonchev–Trinajstić information content (AvgIpc) is 2.59. The molecule has 5 rings (SSSR count). The zero-order valence-electron chi connectivity index (χ0n) is 20.3. The summed E-state index contributed by atoms with van der Waals surface area (Å²) in [7, 11) is -5.72. The molecule has 1 aromatic carbocycles. The van der Waals surface area contributed by atoms with Gasteiger partial charge in [0, 0.05) is 20.6 Å². The van der Waals surface area contributed by atoms with Crippen molar-refractivity contribution in [3.05, 3.63) is 41.1 Å². The Morgan fingerprint density at radius 3 is 1.67 bits per heavy atom.